The Morgan fingerprint density at radius 1 is 1.27 bits per heavy atom. The fourth-order valence-electron chi connectivity index (χ4n) is 1.09. The van der Waals surface area contributed by atoms with Gasteiger partial charge in [-0.15, -0.1) is 0 Å². The molecule has 1 aromatic carbocycles. The van der Waals surface area contributed by atoms with Gasteiger partial charge in [0, 0.05) is 23.1 Å². The van der Waals surface area contributed by atoms with E-state index in [2.05, 4.69) is 27.8 Å². The van der Waals surface area contributed by atoms with Gasteiger partial charge in [0.05, 0.1) is 0 Å². The summed E-state index contributed by atoms with van der Waals surface area (Å²) in [4.78, 5) is 0. The average Bonchev–Trinajstić information content (AvgIpc) is 2.18. The Labute approximate surface area is 96.0 Å². The van der Waals surface area contributed by atoms with Gasteiger partial charge in [-0.25, -0.2) is 0 Å². The highest BCUT2D eigenvalue weighted by Crippen LogP contribution is 2.36. The van der Waals surface area contributed by atoms with Crippen LogP contribution in [0.15, 0.2) is 23.2 Å². The molecule has 0 amide bonds. The van der Waals surface area contributed by atoms with E-state index in [4.69, 9.17) is 5.11 Å². The number of hydrogen-bond donors (Lipinski definition) is 4. The fraction of sp³-hybridized carbons (Fsp3) is 0.200. The number of phenolic OH excluding ortho intramolecular Hbond substituents is 3. The Morgan fingerprint density at radius 2 is 1.93 bits per heavy atom. The number of benzene rings is 1. The van der Waals surface area contributed by atoms with Crippen LogP contribution in [0.25, 0.3) is 0 Å². The van der Waals surface area contributed by atoms with E-state index in [1.165, 1.54) is 12.1 Å². The van der Waals surface area contributed by atoms with Crippen molar-refractivity contribution in [2.24, 2.45) is 0 Å². The largest absolute Gasteiger partial charge is 0.504 e. The molecule has 0 aliphatic heterocycles. The SMILES string of the molecule is C=C(Br)CNCc1ccc(O)c(O)c1O. The molecule has 0 unspecified atom stereocenters. The van der Waals surface area contributed by atoms with E-state index in [0.717, 1.165) is 4.48 Å². The van der Waals surface area contributed by atoms with Crippen LogP contribution in [0.5, 0.6) is 17.2 Å². The van der Waals surface area contributed by atoms with Crippen molar-refractivity contribution in [3.05, 3.63) is 28.8 Å². The molecule has 0 fully saturated rings. The number of rotatable bonds is 4. The zero-order chi connectivity index (χ0) is 11.4. The van der Waals surface area contributed by atoms with E-state index < -0.39 is 5.75 Å². The summed E-state index contributed by atoms with van der Waals surface area (Å²) in [6.07, 6.45) is 0. The molecular weight excluding hydrogens is 262 g/mol. The van der Waals surface area contributed by atoms with Crippen molar-refractivity contribution in [1.82, 2.24) is 5.32 Å². The topological polar surface area (TPSA) is 72.7 Å². The second kappa shape index (κ2) is 5.04. The second-order valence-electron chi connectivity index (χ2n) is 3.06. The Morgan fingerprint density at radius 3 is 2.53 bits per heavy atom. The lowest BCUT2D eigenvalue weighted by Gasteiger charge is -2.08. The highest BCUT2D eigenvalue weighted by atomic mass is 79.9. The van der Waals surface area contributed by atoms with Crippen molar-refractivity contribution in [3.8, 4) is 17.2 Å². The third-order valence-electron chi connectivity index (χ3n) is 1.85. The van der Waals surface area contributed by atoms with Crippen LogP contribution in [-0.4, -0.2) is 21.9 Å². The maximum atomic E-state index is 9.46. The molecule has 0 radical (unpaired) electrons. The maximum Gasteiger partial charge on any atom is 0.200 e. The number of halogens is 1. The van der Waals surface area contributed by atoms with Crippen LogP contribution in [0.4, 0.5) is 0 Å². The van der Waals surface area contributed by atoms with Crippen LogP contribution < -0.4 is 5.32 Å². The van der Waals surface area contributed by atoms with Crippen LogP contribution in [-0.2, 0) is 6.54 Å². The van der Waals surface area contributed by atoms with Crippen molar-refractivity contribution in [3.63, 3.8) is 0 Å². The molecule has 0 heterocycles. The van der Waals surface area contributed by atoms with Crippen molar-refractivity contribution in [2.75, 3.05) is 6.54 Å². The van der Waals surface area contributed by atoms with E-state index in [1.54, 1.807) is 0 Å². The van der Waals surface area contributed by atoms with Gasteiger partial charge in [-0.2, -0.15) is 0 Å². The monoisotopic (exact) mass is 273 g/mol. The standard InChI is InChI=1S/C10H12BrNO3/c1-6(11)4-12-5-7-2-3-8(13)10(15)9(7)14/h2-3,12-15H,1,4-5H2. The molecule has 0 aromatic heterocycles. The van der Waals surface area contributed by atoms with Crippen molar-refractivity contribution >= 4 is 15.9 Å². The summed E-state index contributed by atoms with van der Waals surface area (Å²) in [6.45, 7) is 4.58. The lowest BCUT2D eigenvalue weighted by Crippen LogP contribution is -2.14. The molecule has 0 saturated carbocycles. The zero-order valence-corrected chi connectivity index (χ0v) is 9.58. The van der Waals surface area contributed by atoms with E-state index in [-0.39, 0.29) is 11.5 Å². The first-order valence-corrected chi connectivity index (χ1v) is 5.08. The quantitative estimate of drug-likeness (QED) is 0.632. The molecule has 15 heavy (non-hydrogen) atoms. The van der Waals surface area contributed by atoms with Crippen LogP contribution in [0.3, 0.4) is 0 Å². The van der Waals surface area contributed by atoms with E-state index in [1.807, 2.05) is 0 Å². The first-order chi connectivity index (χ1) is 7.02. The van der Waals surface area contributed by atoms with Gasteiger partial charge in [-0.1, -0.05) is 28.6 Å². The Balaban J connectivity index is 2.70. The molecule has 1 rings (SSSR count). The molecule has 4 nitrogen and oxygen atoms in total. The third kappa shape index (κ3) is 3.14. The van der Waals surface area contributed by atoms with Crippen LogP contribution in [0.2, 0.25) is 0 Å². The summed E-state index contributed by atoms with van der Waals surface area (Å²) in [5, 5.41) is 30.8. The van der Waals surface area contributed by atoms with Crippen LogP contribution in [0.1, 0.15) is 5.56 Å². The minimum atomic E-state index is -0.494. The summed E-state index contributed by atoms with van der Waals surface area (Å²) in [5.74, 6) is -1.13. The predicted octanol–water partition coefficient (Wildman–Crippen LogP) is 1.80. The van der Waals surface area contributed by atoms with Gasteiger partial charge < -0.3 is 20.6 Å². The molecule has 5 heteroatoms. The molecule has 0 spiro atoms. The lowest BCUT2D eigenvalue weighted by molar-refractivity contribution is 0.364. The fourth-order valence-corrected chi connectivity index (χ4v) is 1.28. The summed E-state index contributed by atoms with van der Waals surface area (Å²) in [6, 6.07) is 2.86. The number of aromatic hydroxyl groups is 3. The summed E-state index contributed by atoms with van der Waals surface area (Å²) in [7, 11) is 0. The molecule has 4 N–H and O–H groups in total. The summed E-state index contributed by atoms with van der Waals surface area (Å²) < 4.78 is 0.796. The summed E-state index contributed by atoms with van der Waals surface area (Å²) >= 11 is 3.18. The van der Waals surface area contributed by atoms with Gasteiger partial charge in [0.1, 0.15) is 0 Å². The molecule has 0 atom stereocenters. The number of hydrogen-bond acceptors (Lipinski definition) is 4. The Hall–Kier alpha value is -1.20. The molecule has 0 aliphatic rings. The van der Waals surface area contributed by atoms with E-state index in [9.17, 15) is 10.2 Å². The normalized spacial score (nSPS) is 10.2. The minimum absolute atomic E-state index is 0.303. The molecular formula is C10H12BrNO3. The first-order valence-electron chi connectivity index (χ1n) is 4.29. The molecule has 0 aliphatic carbocycles. The molecule has 0 bridgehead atoms. The minimum Gasteiger partial charge on any atom is -0.504 e. The highest BCUT2D eigenvalue weighted by Gasteiger charge is 2.10. The van der Waals surface area contributed by atoms with Crippen molar-refractivity contribution in [1.29, 1.82) is 0 Å². The van der Waals surface area contributed by atoms with Gasteiger partial charge in [-0.3, -0.25) is 0 Å². The Kier molecular flexibility index (Phi) is 3.99. The first kappa shape index (κ1) is 11.9. The van der Waals surface area contributed by atoms with Crippen molar-refractivity contribution < 1.29 is 15.3 Å². The van der Waals surface area contributed by atoms with Crippen LogP contribution in [0, 0.1) is 0 Å². The predicted molar refractivity (Wildman–Crippen MR) is 61.2 cm³/mol. The smallest absolute Gasteiger partial charge is 0.200 e. The number of nitrogens with one attached hydrogen (secondary N) is 1. The zero-order valence-electron chi connectivity index (χ0n) is 8.00. The average molecular weight is 274 g/mol. The molecule has 0 saturated heterocycles. The lowest BCUT2D eigenvalue weighted by atomic mass is 10.1. The second-order valence-corrected chi connectivity index (χ2v) is 4.18. The van der Waals surface area contributed by atoms with Gasteiger partial charge in [0.2, 0.25) is 5.75 Å². The van der Waals surface area contributed by atoms with Gasteiger partial charge in [0.15, 0.2) is 11.5 Å². The summed E-state index contributed by atoms with van der Waals surface area (Å²) in [5.41, 5.74) is 0.513. The molecule has 82 valence electrons. The third-order valence-corrected chi connectivity index (χ3v) is 2.13. The van der Waals surface area contributed by atoms with Crippen LogP contribution >= 0.6 is 15.9 Å². The van der Waals surface area contributed by atoms with Crippen molar-refractivity contribution in [2.45, 2.75) is 6.54 Å². The number of phenols is 3. The van der Waals surface area contributed by atoms with Gasteiger partial charge >= 0.3 is 0 Å². The van der Waals surface area contributed by atoms with E-state index >= 15 is 0 Å². The highest BCUT2D eigenvalue weighted by molar-refractivity contribution is 9.11. The maximum absolute atomic E-state index is 9.46. The van der Waals surface area contributed by atoms with Gasteiger partial charge in [-0.05, 0) is 6.07 Å². The Bertz CT molecular complexity index is 379. The van der Waals surface area contributed by atoms with E-state index in [0.29, 0.717) is 18.7 Å². The van der Waals surface area contributed by atoms with Gasteiger partial charge in [0.25, 0.3) is 0 Å². The molecule has 1 aromatic rings.